The number of ether oxygens (including phenoxy) is 6. The molecule has 0 aliphatic carbocycles. The number of aromatic nitrogens is 1. The summed E-state index contributed by atoms with van der Waals surface area (Å²) in [5.41, 5.74) is 4.20. The van der Waals surface area contributed by atoms with Gasteiger partial charge in [0.15, 0.2) is 0 Å². The smallest absolute Gasteiger partial charge is 0.123 e. The van der Waals surface area contributed by atoms with Crippen molar-refractivity contribution >= 4 is 5.69 Å². The van der Waals surface area contributed by atoms with Gasteiger partial charge >= 0.3 is 0 Å². The Hall–Kier alpha value is -4.27. The summed E-state index contributed by atoms with van der Waals surface area (Å²) < 4.78 is 33.3. The van der Waals surface area contributed by atoms with Crippen LogP contribution in [-0.4, -0.2) is 52.7 Å². The topological polar surface area (TPSA) is 71.5 Å². The molecule has 0 unspecified atom stereocenters. The van der Waals surface area contributed by atoms with E-state index in [1.165, 1.54) is 0 Å². The van der Waals surface area contributed by atoms with Crippen molar-refractivity contribution in [1.82, 2.24) is 4.98 Å². The molecular formula is C33H38N2O6. The molecular weight excluding hydrogens is 520 g/mol. The van der Waals surface area contributed by atoms with Gasteiger partial charge in [-0.15, -0.1) is 0 Å². The highest BCUT2D eigenvalue weighted by atomic mass is 16.5. The minimum absolute atomic E-state index is 0.393. The molecule has 0 bridgehead atoms. The average Bonchev–Trinajstić information content (AvgIpc) is 3.02. The van der Waals surface area contributed by atoms with Gasteiger partial charge in [0.2, 0.25) is 0 Å². The Morgan fingerprint density at radius 1 is 0.585 bits per heavy atom. The van der Waals surface area contributed by atoms with Crippen molar-refractivity contribution in [3.05, 3.63) is 108 Å². The van der Waals surface area contributed by atoms with Gasteiger partial charge < -0.3 is 33.3 Å². The Bertz CT molecular complexity index is 1300. The molecule has 0 amide bonds. The number of nitrogens with zero attached hydrogens (tertiary/aromatic N) is 2. The molecule has 8 nitrogen and oxygen atoms in total. The van der Waals surface area contributed by atoms with Crippen molar-refractivity contribution in [3.8, 4) is 23.0 Å². The molecule has 0 saturated carbocycles. The standard InChI is InChI=1S/C33H38N2O6/c1-36-30-9-4-7-26(19-30)23-35(24-27-8-5-10-31(20-27)37-2)29-13-14-34-28(21-29)25-40-16-15-39-17-18-41-33-12-6-11-32(22-33)38-3/h4-14,19-22H,15-18,23-25H2,1-3H3. The highest BCUT2D eigenvalue weighted by Crippen LogP contribution is 2.24. The van der Waals surface area contributed by atoms with Gasteiger partial charge in [-0.1, -0.05) is 30.3 Å². The van der Waals surface area contributed by atoms with Gasteiger partial charge in [0.1, 0.15) is 29.6 Å². The van der Waals surface area contributed by atoms with Crippen LogP contribution in [0.5, 0.6) is 23.0 Å². The lowest BCUT2D eigenvalue weighted by atomic mass is 10.1. The van der Waals surface area contributed by atoms with Gasteiger partial charge in [0, 0.05) is 31.0 Å². The van der Waals surface area contributed by atoms with Crippen molar-refractivity contribution in [2.24, 2.45) is 0 Å². The number of hydrogen-bond acceptors (Lipinski definition) is 8. The quantitative estimate of drug-likeness (QED) is 0.148. The summed E-state index contributed by atoms with van der Waals surface area (Å²) >= 11 is 0. The van der Waals surface area contributed by atoms with Gasteiger partial charge in [0.25, 0.3) is 0 Å². The highest BCUT2D eigenvalue weighted by molar-refractivity contribution is 5.49. The third kappa shape index (κ3) is 9.70. The molecule has 0 radical (unpaired) electrons. The number of rotatable bonds is 17. The van der Waals surface area contributed by atoms with Crippen molar-refractivity contribution in [3.63, 3.8) is 0 Å². The minimum Gasteiger partial charge on any atom is -0.497 e. The van der Waals surface area contributed by atoms with E-state index in [0.29, 0.717) is 46.1 Å². The summed E-state index contributed by atoms with van der Waals surface area (Å²) in [6, 6.07) is 27.9. The predicted molar refractivity (Wildman–Crippen MR) is 159 cm³/mol. The Morgan fingerprint density at radius 3 is 1.80 bits per heavy atom. The number of hydrogen-bond donors (Lipinski definition) is 0. The van der Waals surface area contributed by atoms with Crippen LogP contribution in [0.2, 0.25) is 0 Å². The zero-order valence-electron chi connectivity index (χ0n) is 24.0. The molecule has 1 aromatic heterocycles. The van der Waals surface area contributed by atoms with E-state index >= 15 is 0 Å². The molecule has 0 N–H and O–H groups in total. The summed E-state index contributed by atoms with van der Waals surface area (Å²) in [5.74, 6) is 3.18. The number of methoxy groups -OCH3 is 3. The van der Waals surface area contributed by atoms with E-state index in [0.717, 1.165) is 45.5 Å². The van der Waals surface area contributed by atoms with E-state index in [9.17, 15) is 0 Å². The molecule has 216 valence electrons. The summed E-state index contributed by atoms with van der Waals surface area (Å²) in [6.45, 7) is 3.64. The fourth-order valence-corrected chi connectivity index (χ4v) is 4.27. The van der Waals surface area contributed by atoms with Gasteiger partial charge in [-0.05, 0) is 59.7 Å². The largest absolute Gasteiger partial charge is 0.497 e. The van der Waals surface area contributed by atoms with E-state index < -0.39 is 0 Å². The van der Waals surface area contributed by atoms with E-state index in [1.807, 2.05) is 60.8 Å². The van der Waals surface area contributed by atoms with Crippen LogP contribution in [0.1, 0.15) is 16.8 Å². The summed E-state index contributed by atoms with van der Waals surface area (Å²) in [6.07, 6.45) is 1.82. The zero-order chi connectivity index (χ0) is 28.7. The van der Waals surface area contributed by atoms with Crippen molar-refractivity contribution in [1.29, 1.82) is 0 Å². The Kier molecular flexibility index (Phi) is 11.7. The summed E-state index contributed by atoms with van der Waals surface area (Å²) in [7, 11) is 5.00. The fraction of sp³-hybridized carbons (Fsp3) is 0.303. The van der Waals surface area contributed by atoms with Crippen molar-refractivity contribution < 1.29 is 28.4 Å². The molecule has 3 aromatic carbocycles. The maximum absolute atomic E-state index is 5.85. The SMILES string of the molecule is COc1cccc(CN(Cc2cccc(OC)c2)c2ccnc(COCCOCCOc3cccc(OC)c3)c2)c1. The first kappa shape index (κ1) is 29.7. The van der Waals surface area contributed by atoms with Crippen LogP contribution in [0.25, 0.3) is 0 Å². The lowest BCUT2D eigenvalue weighted by Gasteiger charge is -2.26. The van der Waals surface area contributed by atoms with Gasteiger partial charge in [0.05, 0.1) is 53.5 Å². The van der Waals surface area contributed by atoms with Gasteiger partial charge in [-0.25, -0.2) is 0 Å². The fourth-order valence-electron chi connectivity index (χ4n) is 4.27. The van der Waals surface area contributed by atoms with E-state index in [4.69, 9.17) is 28.4 Å². The molecule has 0 aliphatic heterocycles. The van der Waals surface area contributed by atoms with Crippen LogP contribution in [0, 0.1) is 0 Å². The Labute approximate surface area is 242 Å². The zero-order valence-corrected chi connectivity index (χ0v) is 24.0. The molecule has 0 spiro atoms. The average molecular weight is 559 g/mol. The molecule has 0 fully saturated rings. The second kappa shape index (κ2) is 16.1. The molecule has 8 heteroatoms. The van der Waals surface area contributed by atoms with Crippen LogP contribution in [0.15, 0.2) is 91.1 Å². The molecule has 1 heterocycles. The lowest BCUT2D eigenvalue weighted by Crippen LogP contribution is -2.22. The van der Waals surface area contributed by atoms with Crippen LogP contribution in [0.3, 0.4) is 0 Å². The maximum Gasteiger partial charge on any atom is 0.123 e. The minimum atomic E-state index is 0.393. The number of pyridine rings is 1. The predicted octanol–water partition coefficient (Wildman–Crippen LogP) is 5.93. The summed E-state index contributed by atoms with van der Waals surface area (Å²) in [4.78, 5) is 6.83. The van der Waals surface area contributed by atoms with Crippen molar-refractivity contribution in [2.75, 3.05) is 52.7 Å². The van der Waals surface area contributed by atoms with Crippen LogP contribution in [-0.2, 0) is 29.2 Å². The number of anilines is 1. The molecule has 0 saturated heterocycles. The van der Waals surface area contributed by atoms with Crippen LogP contribution < -0.4 is 23.8 Å². The normalized spacial score (nSPS) is 10.7. The van der Waals surface area contributed by atoms with E-state index in [2.05, 4.69) is 40.2 Å². The van der Waals surface area contributed by atoms with Crippen LogP contribution >= 0.6 is 0 Å². The first-order valence-electron chi connectivity index (χ1n) is 13.5. The number of benzene rings is 3. The lowest BCUT2D eigenvalue weighted by molar-refractivity contribution is 0.0294. The van der Waals surface area contributed by atoms with Gasteiger partial charge in [-0.3, -0.25) is 4.98 Å². The second-order valence-electron chi connectivity index (χ2n) is 9.26. The molecule has 4 aromatic rings. The first-order chi connectivity index (χ1) is 20.2. The van der Waals surface area contributed by atoms with Crippen molar-refractivity contribution in [2.45, 2.75) is 19.7 Å². The molecule has 0 aliphatic rings. The van der Waals surface area contributed by atoms with E-state index in [-0.39, 0.29) is 0 Å². The second-order valence-corrected chi connectivity index (χ2v) is 9.26. The van der Waals surface area contributed by atoms with Crippen LogP contribution in [0.4, 0.5) is 5.69 Å². The van der Waals surface area contributed by atoms with E-state index in [1.54, 1.807) is 21.3 Å². The Balaban J connectivity index is 1.30. The third-order valence-electron chi connectivity index (χ3n) is 6.34. The third-order valence-corrected chi connectivity index (χ3v) is 6.34. The molecule has 4 rings (SSSR count). The highest BCUT2D eigenvalue weighted by Gasteiger charge is 2.12. The molecule has 0 atom stereocenters. The monoisotopic (exact) mass is 558 g/mol. The Morgan fingerprint density at radius 2 is 1.15 bits per heavy atom. The first-order valence-corrected chi connectivity index (χ1v) is 13.5. The molecule has 41 heavy (non-hydrogen) atoms. The maximum atomic E-state index is 5.85. The van der Waals surface area contributed by atoms with Gasteiger partial charge in [-0.2, -0.15) is 0 Å². The summed E-state index contributed by atoms with van der Waals surface area (Å²) in [5, 5.41) is 0.